The molecule has 0 amide bonds. The molecule has 17 heavy (non-hydrogen) atoms. The Kier molecular flexibility index (Phi) is 3.99. The molecule has 0 saturated heterocycles. The summed E-state index contributed by atoms with van der Waals surface area (Å²) in [7, 11) is 1.62. The van der Waals surface area contributed by atoms with E-state index in [-0.39, 0.29) is 0 Å². The number of ether oxygens (including phenoxy) is 1. The molecule has 0 radical (unpaired) electrons. The van der Waals surface area contributed by atoms with Gasteiger partial charge < -0.3 is 4.74 Å². The first-order valence-electron chi connectivity index (χ1n) is 5.05. The number of aromatic nitrogens is 1. The SMILES string of the molecule is COc1ccc(C#Cc2ccc(I)cc2)nc1. The fraction of sp³-hybridized carbons (Fsp3) is 0.0714. The van der Waals surface area contributed by atoms with Gasteiger partial charge in [-0.2, -0.15) is 0 Å². The second kappa shape index (κ2) is 5.69. The van der Waals surface area contributed by atoms with Crippen LogP contribution in [0, 0.1) is 15.4 Å². The lowest BCUT2D eigenvalue weighted by molar-refractivity contribution is 0.413. The molecule has 3 heteroatoms. The standard InChI is InChI=1S/C14H10INO/c1-17-14-9-8-13(16-10-14)7-4-11-2-5-12(15)6-3-11/h2-3,5-6,8-10H,1H3. The van der Waals surface area contributed by atoms with E-state index in [4.69, 9.17) is 4.74 Å². The van der Waals surface area contributed by atoms with Crippen molar-refractivity contribution in [3.63, 3.8) is 0 Å². The Bertz CT molecular complexity index is 550. The normalized spacial score (nSPS) is 9.29. The molecule has 0 aliphatic heterocycles. The number of pyridine rings is 1. The average Bonchev–Trinajstić information content (AvgIpc) is 2.39. The minimum Gasteiger partial charge on any atom is -0.495 e. The zero-order valence-corrected chi connectivity index (χ0v) is 11.4. The van der Waals surface area contributed by atoms with Gasteiger partial charge >= 0.3 is 0 Å². The summed E-state index contributed by atoms with van der Waals surface area (Å²) < 4.78 is 6.24. The van der Waals surface area contributed by atoms with Gasteiger partial charge in [-0.15, -0.1) is 0 Å². The first-order valence-corrected chi connectivity index (χ1v) is 6.13. The van der Waals surface area contributed by atoms with Gasteiger partial charge in [0.15, 0.2) is 0 Å². The lowest BCUT2D eigenvalue weighted by atomic mass is 10.2. The number of hydrogen-bond donors (Lipinski definition) is 0. The van der Waals surface area contributed by atoms with Crippen LogP contribution in [0.2, 0.25) is 0 Å². The maximum absolute atomic E-state index is 5.03. The number of halogens is 1. The first-order chi connectivity index (χ1) is 8.28. The summed E-state index contributed by atoms with van der Waals surface area (Å²) in [4.78, 5) is 4.18. The molecular formula is C14H10INO. The van der Waals surface area contributed by atoms with Gasteiger partial charge in [0.25, 0.3) is 0 Å². The predicted octanol–water partition coefficient (Wildman–Crippen LogP) is 3.09. The topological polar surface area (TPSA) is 22.1 Å². The van der Waals surface area contributed by atoms with Crippen LogP contribution in [0.3, 0.4) is 0 Å². The van der Waals surface area contributed by atoms with Crippen molar-refractivity contribution in [2.75, 3.05) is 7.11 Å². The lowest BCUT2D eigenvalue weighted by Gasteiger charge is -1.96. The largest absolute Gasteiger partial charge is 0.495 e. The molecule has 0 spiro atoms. The Balaban J connectivity index is 2.17. The van der Waals surface area contributed by atoms with Crippen LogP contribution in [0.5, 0.6) is 5.75 Å². The van der Waals surface area contributed by atoms with Gasteiger partial charge in [0, 0.05) is 9.13 Å². The third-order valence-corrected chi connectivity index (χ3v) is 2.87. The monoisotopic (exact) mass is 335 g/mol. The maximum Gasteiger partial charge on any atom is 0.137 e. The minimum absolute atomic E-state index is 0.740. The summed E-state index contributed by atoms with van der Waals surface area (Å²) in [5.41, 5.74) is 1.73. The van der Waals surface area contributed by atoms with Crippen molar-refractivity contribution in [3.8, 4) is 17.6 Å². The van der Waals surface area contributed by atoms with Gasteiger partial charge in [-0.1, -0.05) is 5.92 Å². The number of rotatable bonds is 1. The molecule has 0 aliphatic carbocycles. The highest BCUT2D eigenvalue weighted by atomic mass is 127. The summed E-state index contributed by atoms with van der Waals surface area (Å²) in [5, 5.41) is 0. The van der Waals surface area contributed by atoms with Crippen LogP contribution in [0.25, 0.3) is 0 Å². The molecule has 0 unspecified atom stereocenters. The van der Waals surface area contributed by atoms with Gasteiger partial charge in [-0.05, 0) is 64.9 Å². The van der Waals surface area contributed by atoms with E-state index >= 15 is 0 Å². The van der Waals surface area contributed by atoms with E-state index in [1.54, 1.807) is 13.3 Å². The smallest absolute Gasteiger partial charge is 0.137 e. The van der Waals surface area contributed by atoms with Crippen LogP contribution in [0.15, 0.2) is 42.6 Å². The molecule has 1 heterocycles. The third-order valence-electron chi connectivity index (χ3n) is 2.15. The van der Waals surface area contributed by atoms with E-state index in [2.05, 4.69) is 39.4 Å². The summed E-state index contributed by atoms with van der Waals surface area (Å²) in [6.07, 6.45) is 1.66. The Morgan fingerprint density at radius 1 is 1.06 bits per heavy atom. The van der Waals surface area contributed by atoms with Gasteiger partial charge in [0.1, 0.15) is 11.4 Å². The molecule has 0 aliphatic rings. The van der Waals surface area contributed by atoms with E-state index in [1.165, 1.54) is 3.57 Å². The molecule has 84 valence electrons. The molecule has 0 saturated carbocycles. The highest BCUT2D eigenvalue weighted by molar-refractivity contribution is 14.1. The molecule has 0 atom stereocenters. The quantitative estimate of drug-likeness (QED) is 0.590. The van der Waals surface area contributed by atoms with Crippen molar-refractivity contribution < 1.29 is 4.74 Å². The maximum atomic E-state index is 5.03. The van der Waals surface area contributed by atoms with Crippen molar-refractivity contribution in [1.29, 1.82) is 0 Å². The summed E-state index contributed by atoms with van der Waals surface area (Å²) >= 11 is 2.27. The fourth-order valence-corrected chi connectivity index (χ4v) is 1.60. The predicted molar refractivity (Wildman–Crippen MR) is 75.9 cm³/mol. The minimum atomic E-state index is 0.740. The molecule has 2 nitrogen and oxygen atoms in total. The van der Waals surface area contributed by atoms with E-state index in [9.17, 15) is 0 Å². The number of nitrogens with zero attached hydrogens (tertiary/aromatic N) is 1. The Labute approximate surface area is 114 Å². The van der Waals surface area contributed by atoms with Gasteiger partial charge in [-0.3, -0.25) is 0 Å². The van der Waals surface area contributed by atoms with E-state index in [0.29, 0.717) is 0 Å². The summed E-state index contributed by atoms with van der Waals surface area (Å²) in [6.45, 7) is 0. The zero-order valence-electron chi connectivity index (χ0n) is 9.27. The molecule has 0 fully saturated rings. The molecular weight excluding hydrogens is 325 g/mol. The summed E-state index contributed by atoms with van der Waals surface area (Å²) in [6, 6.07) is 11.8. The second-order valence-corrected chi connectivity index (χ2v) is 4.59. The number of hydrogen-bond acceptors (Lipinski definition) is 2. The van der Waals surface area contributed by atoms with Gasteiger partial charge in [0.2, 0.25) is 0 Å². The van der Waals surface area contributed by atoms with Crippen molar-refractivity contribution in [3.05, 3.63) is 57.4 Å². The van der Waals surface area contributed by atoms with Crippen molar-refractivity contribution in [1.82, 2.24) is 4.98 Å². The van der Waals surface area contributed by atoms with Crippen LogP contribution >= 0.6 is 22.6 Å². The van der Waals surface area contributed by atoms with Crippen LogP contribution in [-0.4, -0.2) is 12.1 Å². The first kappa shape index (κ1) is 11.9. The zero-order chi connectivity index (χ0) is 12.1. The van der Waals surface area contributed by atoms with Crippen LogP contribution in [-0.2, 0) is 0 Å². The number of benzene rings is 1. The molecule has 0 bridgehead atoms. The number of methoxy groups -OCH3 is 1. The Morgan fingerprint density at radius 2 is 1.82 bits per heavy atom. The highest BCUT2D eigenvalue weighted by Gasteiger charge is 1.91. The molecule has 1 aromatic carbocycles. The van der Waals surface area contributed by atoms with Gasteiger partial charge in [-0.25, -0.2) is 4.98 Å². The molecule has 0 N–H and O–H groups in total. The van der Waals surface area contributed by atoms with E-state index < -0.39 is 0 Å². The van der Waals surface area contributed by atoms with E-state index in [0.717, 1.165) is 17.0 Å². The Morgan fingerprint density at radius 3 is 2.41 bits per heavy atom. The van der Waals surface area contributed by atoms with Crippen LogP contribution in [0.1, 0.15) is 11.3 Å². The van der Waals surface area contributed by atoms with E-state index in [1.807, 2.05) is 36.4 Å². The Hall–Kier alpha value is -1.54. The average molecular weight is 335 g/mol. The third kappa shape index (κ3) is 3.46. The highest BCUT2D eigenvalue weighted by Crippen LogP contribution is 2.08. The van der Waals surface area contributed by atoms with Crippen LogP contribution in [0.4, 0.5) is 0 Å². The molecule has 1 aromatic heterocycles. The molecule has 2 rings (SSSR count). The van der Waals surface area contributed by atoms with Crippen molar-refractivity contribution >= 4 is 22.6 Å². The fourth-order valence-electron chi connectivity index (χ4n) is 1.24. The molecule has 2 aromatic rings. The van der Waals surface area contributed by atoms with Crippen LogP contribution < -0.4 is 4.74 Å². The lowest BCUT2D eigenvalue weighted by Crippen LogP contribution is -1.86. The summed E-state index contributed by atoms with van der Waals surface area (Å²) in [5.74, 6) is 6.82. The second-order valence-electron chi connectivity index (χ2n) is 3.34. The van der Waals surface area contributed by atoms with Gasteiger partial charge in [0.05, 0.1) is 13.3 Å². The van der Waals surface area contributed by atoms with Crippen molar-refractivity contribution in [2.45, 2.75) is 0 Å². The van der Waals surface area contributed by atoms with Crippen molar-refractivity contribution in [2.24, 2.45) is 0 Å².